The van der Waals surface area contributed by atoms with Crippen LogP contribution in [0.15, 0.2) is 36.7 Å². The first-order chi connectivity index (χ1) is 9.19. The molecule has 5 heteroatoms. The van der Waals surface area contributed by atoms with E-state index in [4.69, 9.17) is 5.73 Å². The summed E-state index contributed by atoms with van der Waals surface area (Å²) in [6.45, 7) is 2.41. The van der Waals surface area contributed by atoms with Crippen LogP contribution in [0.25, 0.3) is 0 Å². The maximum absolute atomic E-state index is 12.0. The van der Waals surface area contributed by atoms with Crippen LogP contribution in [0.1, 0.15) is 28.5 Å². The van der Waals surface area contributed by atoms with Gasteiger partial charge in [-0.3, -0.25) is 9.78 Å². The Labute approximate surface area is 111 Å². The minimum absolute atomic E-state index is 0.160. The number of aromatic nitrogens is 2. The number of amides is 1. The normalized spacial score (nSPS) is 10.2. The lowest BCUT2D eigenvalue weighted by atomic mass is 10.1. The third-order valence-corrected chi connectivity index (χ3v) is 2.70. The van der Waals surface area contributed by atoms with Crippen LogP contribution in [-0.4, -0.2) is 15.9 Å². The number of nitrogen functional groups attached to an aromatic ring is 1. The van der Waals surface area contributed by atoms with Gasteiger partial charge in [0.1, 0.15) is 5.82 Å². The molecule has 0 bridgehead atoms. The van der Waals surface area contributed by atoms with Crippen LogP contribution in [0.4, 0.5) is 5.82 Å². The molecule has 0 atom stereocenters. The fourth-order valence-corrected chi connectivity index (χ4v) is 1.71. The minimum atomic E-state index is -0.160. The van der Waals surface area contributed by atoms with E-state index in [0.29, 0.717) is 17.9 Å². The summed E-state index contributed by atoms with van der Waals surface area (Å²) in [5.41, 5.74) is 7.98. The van der Waals surface area contributed by atoms with Gasteiger partial charge in [-0.25, -0.2) is 4.98 Å². The summed E-state index contributed by atoms with van der Waals surface area (Å²) in [5, 5.41) is 2.83. The Bertz CT molecular complexity index is 569. The van der Waals surface area contributed by atoms with Crippen LogP contribution < -0.4 is 11.1 Å². The number of carbonyl (C=O) groups is 1. The minimum Gasteiger partial charge on any atom is -0.384 e. The number of pyridine rings is 2. The average Bonchev–Trinajstić information content (AvgIpc) is 2.45. The highest BCUT2D eigenvalue weighted by atomic mass is 16.1. The summed E-state index contributed by atoms with van der Waals surface area (Å²) < 4.78 is 0. The zero-order valence-corrected chi connectivity index (χ0v) is 10.8. The zero-order valence-electron chi connectivity index (χ0n) is 10.8. The van der Waals surface area contributed by atoms with Crippen molar-refractivity contribution >= 4 is 11.7 Å². The highest BCUT2D eigenvalue weighted by Crippen LogP contribution is 2.08. The van der Waals surface area contributed by atoms with Gasteiger partial charge >= 0.3 is 0 Å². The third-order valence-electron chi connectivity index (χ3n) is 2.70. The van der Waals surface area contributed by atoms with Crippen molar-refractivity contribution in [3.8, 4) is 0 Å². The molecule has 98 valence electrons. The van der Waals surface area contributed by atoms with Gasteiger partial charge in [0.05, 0.1) is 0 Å². The van der Waals surface area contributed by atoms with Crippen molar-refractivity contribution in [3.05, 3.63) is 53.5 Å². The van der Waals surface area contributed by atoms with Gasteiger partial charge in [0.2, 0.25) is 0 Å². The first kappa shape index (κ1) is 13.0. The fourth-order valence-electron chi connectivity index (χ4n) is 1.71. The van der Waals surface area contributed by atoms with Crippen molar-refractivity contribution in [2.75, 3.05) is 5.73 Å². The summed E-state index contributed by atoms with van der Waals surface area (Å²) in [4.78, 5) is 20.2. The Morgan fingerprint density at radius 1 is 1.42 bits per heavy atom. The monoisotopic (exact) mass is 256 g/mol. The summed E-state index contributed by atoms with van der Waals surface area (Å²) in [6, 6.07) is 7.08. The van der Waals surface area contributed by atoms with Crippen molar-refractivity contribution < 1.29 is 4.79 Å². The molecule has 0 radical (unpaired) electrons. The Kier molecular flexibility index (Phi) is 4.07. The highest BCUT2D eigenvalue weighted by molar-refractivity contribution is 5.94. The number of anilines is 1. The molecule has 0 aliphatic heterocycles. The lowest BCUT2D eigenvalue weighted by Crippen LogP contribution is -2.23. The molecule has 2 aromatic rings. The van der Waals surface area contributed by atoms with E-state index in [1.54, 1.807) is 24.5 Å². The maximum Gasteiger partial charge on any atom is 0.251 e. The van der Waals surface area contributed by atoms with E-state index in [1.807, 2.05) is 19.1 Å². The molecule has 3 N–H and O–H groups in total. The Hall–Kier alpha value is -2.43. The molecular formula is C14H16N4O. The number of nitrogens with two attached hydrogens (primary N) is 1. The topological polar surface area (TPSA) is 80.9 Å². The molecule has 2 aromatic heterocycles. The maximum atomic E-state index is 12.0. The van der Waals surface area contributed by atoms with Crippen LogP contribution in [-0.2, 0) is 13.0 Å². The number of hydrogen-bond acceptors (Lipinski definition) is 4. The van der Waals surface area contributed by atoms with E-state index in [0.717, 1.165) is 17.7 Å². The molecule has 0 saturated carbocycles. The van der Waals surface area contributed by atoms with Gasteiger partial charge in [-0.1, -0.05) is 13.0 Å². The zero-order chi connectivity index (χ0) is 13.7. The molecule has 0 saturated heterocycles. The van der Waals surface area contributed by atoms with E-state index >= 15 is 0 Å². The molecule has 0 aromatic carbocycles. The van der Waals surface area contributed by atoms with Crippen LogP contribution in [0.5, 0.6) is 0 Å². The second kappa shape index (κ2) is 5.95. The van der Waals surface area contributed by atoms with Crippen LogP contribution in [0, 0.1) is 0 Å². The van der Waals surface area contributed by atoms with Crippen LogP contribution >= 0.6 is 0 Å². The summed E-state index contributed by atoms with van der Waals surface area (Å²) in [5.74, 6) is 0.207. The van der Waals surface area contributed by atoms with Gasteiger partial charge in [-0.05, 0) is 30.2 Å². The highest BCUT2D eigenvalue weighted by Gasteiger charge is 2.08. The standard InChI is InChI=1S/C14H16N4O/c1-2-12-6-11(7-13(15)18-12)14(19)17-9-10-4-3-5-16-8-10/h3-8H,2,9H2,1H3,(H2,15,18)(H,17,19). The van der Waals surface area contributed by atoms with Crippen LogP contribution in [0.2, 0.25) is 0 Å². The van der Waals surface area contributed by atoms with Gasteiger partial charge in [0.15, 0.2) is 0 Å². The van der Waals surface area contributed by atoms with E-state index in [9.17, 15) is 4.79 Å². The molecule has 5 nitrogen and oxygen atoms in total. The first-order valence-electron chi connectivity index (χ1n) is 6.12. The smallest absolute Gasteiger partial charge is 0.251 e. The molecule has 0 fully saturated rings. The van der Waals surface area contributed by atoms with Gasteiger partial charge in [0.25, 0.3) is 5.91 Å². The number of aryl methyl sites for hydroxylation is 1. The second-order valence-corrected chi connectivity index (χ2v) is 4.17. The van der Waals surface area contributed by atoms with E-state index < -0.39 is 0 Å². The predicted molar refractivity (Wildman–Crippen MR) is 73.4 cm³/mol. The molecular weight excluding hydrogens is 240 g/mol. The summed E-state index contributed by atoms with van der Waals surface area (Å²) in [7, 11) is 0. The number of nitrogens with one attached hydrogen (secondary N) is 1. The molecule has 0 spiro atoms. The van der Waals surface area contributed by atoms with Crippen molar-refractivity contribution in [3.63, 3.8) is 0 Å². The molecule has 0 aliphatic carbocycles. The van der Waals surface area contributed by atoms with Crippen molar-refractivity contribution in [2.24, 2.45) is 0 Å². The lowest BCUT2D eigenvalue weighted by molar-refractivity contribution is 0.0950. The van der Waals surface area contributed by atoms with E-state index in [-0.39, 0.29) is 5.91 Å². The fraction of sp³-hybridized carbons (Fsp3) is 0.214. The predicted octanol–water partition coefficient (Wildman–Crippen LogP) is 1.55. The Balaban J connectivity index is 2.06. The van der Waals surface area contributed by atoms with Crippen molar-refractivity contribution in [2.45, 2.75) is 19.9 Å². The van der Waals surface area contributed by atoms with E-state index in [2.05, 4.69) is 15.3 Å². The van der Waals surface area contributed by atoms with Crippen LogP contribution in [0.3, 0.4) is 0 Å². The number of hydrogen-bond donors (Lipinski definition) is 2. The number of rotatable bonds is 4. The quantitative estimate of drug-likeness (QED) is 0.869. The first-order valence-corrected chi connectivity index (χ1v) is 6.12. The van der Waals surface area contributed by atoms with Gasteiger partial charge in [0, 0.05) is 30.2 Å². The Morgan fingerprint density at radius 3 is 2.95 bits per heavy atom. The molecule has 19 heavy (non-hydrogen) atoms. The molecule has 2 heterocycles. The van der Waals surface area contributed by atoms with E-state index in [1.165, 1.54) is 0 Å². The Morgan fingerprint density at radius 2 is 2.26 bits per heavy atom. The second-order valence-electron chi connectivity index (χ2n) is 4.17. The molecule has 2 rings (SSSR count). The van der Waals surface area contributed by atoms with Gasteiger partial charge in [-0.2, -0.15) is 0 Å². The summed E-state index contributed by atoms with van der Waals surface area (Å²) in [6.07, 6.45) is 4.16. The SMILES string of the molecule is CCc1cc(C(=O)NCc2cccnc2)cc(N)n1. The van der Waals surface area contributed by atoms with Crippen molar-refractivity contribution in [1.82, 2.24) is 15.3 Å². The molecule has 0 unspecified atom stereocenters. The van der Waals surface area contributed by atoms with Gasteiger partial charge in [-0.15, -0.1) is 0 Å². The third kappa shape index (κ3) is 3.51. The molecule has 1 amide bonds. The van der Waals surface area contributed by atoms with Gasteiger partial charge < -0.3 is 11.1 Å². The number of carbonyl (C=O) groups excluding carboxylic acids is 1. The molecule has 0 aliphatic rings. The largest absolute Gasteiger partial charge is 0.384 e. The lowest BCUT2D eigenvalue weighted by Gasteiger charge is -2.07. The van der Waals surface area contributed by atoms with Crippen molar-refractivity contribution in [1.29, 1.82) is 0 Å². The number of nitrogens with zero attached hydrogens (tertiary/aromatic N) is 2. The average molecular weight is 256 g/mol. The summed E-state index contributed by atoms with van der Waals surface area (Å²) >= 11 is 0.